The van der Waals surface area contributed by atoms with Gasteiger partial charge in [0, 0.05) is 19.1 Å². The van der Waals surface area contributed by atoms with E-state index in [1.165, 1.54) is 0 Å². The van der Waals surface area contributed by atoms with Crippen LogP contribution in [0, 0.1) is 6.92 Å². The Kier molecular flexibility index (Phi) is 9.69. The van der Waals surface area contributed by atoms with Crippen molar-refractivity contribution in [2.45, 2.75) is 38.8 Å². The maximum absolute atomic E-state index is 11.3. The quantitative estimate of drug-likeness (QED) is 0.741. The zero-order valence-electron chi connectivity index (χ0n) is 16.1. The summed E-state index contributed by atoms with van der Waals surface area (Å²) in [6.45, 7) is 5.89. The Morgan fingerprint density at radius 2 is 1.81 bits per heavy atom. The molecule has 1 atom stereocenters. The number of carbonyl (C=O) groups excluding carboxylic acids is 1. The monoisotopic (exact) mass is 365 g/mol. The number of aliphatic carboxylic acids is 1. The SMILES string of the molecule is CCOC(=O)N1CCC(NC)CC1.CNC(C(=O)O)c1ccc(C)cc1. The Morgan fingerprint density at radius 1 is 1.23 bits per heavy atom. The second-order valence-corrected chi connectivity index (χ2v) is 6.22. The number of rotatable bonds is 5. The molecular formula is C19H31N3O4. The zero-order valence-corrected chi connectivity index (χ0v) is 16.1. The molecule has 1 heterocycles. The number of nitrogens with zero attached hydrogens (tertiary/aromatic N) is 1. The Morgan fingerprint density at radius 3 is 2.23 bits per heavy atom. The fraction of sp³-hybridized carbons (Fsp3) is 0.579. The predicted molar refractivity (Wildman–Crippen MR) is 101 cm³/mol. The Hall–Kier alpha value is -2.12. The molecule has 2 rings (SSSR count). The van der Waals surface area contributed by atoms with E-state index in [4.69, 9.17) is 9.84 Å². The predicted octanol–water partition coefficient (Wildman–Crippen LogP) is 2.17. The lowest BCUT2D eigenvalue weighted by Crippen LogP contribution is -2.44. The van der Waals surface area contributed by atoms with Crippen molar-refractivity contribution in [3.63, 3.8) is 0 Å². The second kappa shape index (κ2) is 11.5. The van der Waals surface area contributed by atoms with Crippen molar-refractivity contribution in [1.82, 2.24) is 15.5 Å². The van der Waals surface area contributed by atoms with E-state index in [1.807, 2.05) is 45.2 Å². The summed E-state index contributed by atoms with van der Waals surface area (Å²) in [6, 6.07) is 7.41. The molecule has 0 radical (unpaired) electrons. The molecule has 1 fully saturated rings. The molecule has 0 bridgehead atoms. The van der Waals surface area contributed by atoms with Crippen LogP contribution in [0.25, 0.3) is 0 Å². The number of hydrogen-bond acceptors (Lipinski definition) is 5. The van der Waals surface area contributed by atoms with Gasteiger partial charge in [-0.1, -0.05) is 29.8 Å². The molecule has 1 unspecified atom stereocenters. The van der Waals surface area contributed by atoms with E-state index in [2.05, 4.69) is 10.6 Å². The van der Waals surface area contributed by atoms with Crippen molar-refractivity contribution >= 4 is 12.1 Å². The van der Waals surface area contributed by atoms with Gasteiger partial charge in [-0.3, -0.25) is 4.79 Å². The first-order valence-electron chi connectivity index (χ1n) is 8.98. The summed E-state index contributed by atoms with van der Waals surface area (Å²) in [5.41, 5.74) is 1.91. The molecule has 1 amide bonds. The first-order valence-corrected chi connectivity index (χ1v) is 8.98. The zero-order chi connectivity index (χ0) is 19.5. The first kappa shape index (κ1) is 21.9. The molecule has 0 spiro atoms. The van der Waals surface area contributed by atoms with Gasteiger partial charge in [0.15, 0.2) is 0 Å². The van der Waals surface area contributed by atoms with E-state index in [0.29, 0.717) is 12.6 Å². The van der Waals surface area contributed by atoms with Crippen LogP contribution in [-0.2, 0) is 9.53 Å². The van der Waals surface area contributed by atoms with Gasteiger partial charge in [0.1, 0.15) is 6.04 Å². The van der Waals surface area contributed by atoms with Crippen LogP contribution in [0.2, 0.25) is 0 Å². The summed E-state index contributed by atoms with van der Waals surface area (Å²) in [4.78, 5) is 23.8. The van der Waals surface area contributed by atoms with Crippen LogP contribution in [0.5, 0.6) is 0 Å². The molecule has 7 nitrogen and oxygen atoms in total. The Balaban J connectivity index is 0.000000260. The number of amides is 1. The third-order valence-corrected chi connectivity index (χ3v) is 4.38. The molecule has 7 heteroatoms. The summed E-state index contributed by atoms with van der Waals surface area (Å²) in [6.07, 6.45) is 1.88. The Bertz CT molecular complexity index is 554. The number of carboxylic acid groups (broad SMARTS) is 1. The van der Waals surface area contributed by atoms with Crippen LogP contribution >= 0.6 is 0 Å². The maximum atomic E-state index is 11.3. The molecule has 146 valence electrons. The highest BCUT2D eigenvalue weighted by Gasteiger charge is 2.22. The number of likely N-dealkylation sites (tertiary alicyclic amines) is 1. The molecule has 3 N–H and O–H groups in total. The van der Waals surface area contributed by atoms with E-state index in [1.54, 1.807) is 11.9 Å². The number of benzene rings is 1. The van der Waals surface area contributed by atoms with Crippen molar-refractivity contribution in [3.8, 4) is 0 Å². The smallest absolute Gasteiger partial charge is 0.409 e. The van der Waals surface area contributed by atoms with E-state index in [-0.39, 0.29) is 6.09 Å². The second-order valence-electron chi connectivity index (χ2n) is 6.22. The fourth-order valence-electron chi connectivity index (χ4n) is 2.76. The lowest BCUT2D eigenvalue weighted by molar-refractivity contribution is -0.139. The molecule has 26 heavy (non-hydrogen) atoms. The highest BCUT2D eigenvalue weighted by Crippen LogP contribution is 2.13. The molecule has 1 saturated heterocycles. The van der Waals surface area contributed by atoms with Crippen LogP contribution in [0.15, 0.2) is 24.3 Å². The molecule has 1 aromatic rings. The van der Waals surface area contributed by atoms with Gasteiger partial charge in [0.25, 0.3) is 0 Å². The molecular weight excluding hydrogens is 334 g/mol. The number of nitrogens with one attached hydrogen (secondary N) is 2. The lowest BCUT2D eigenvalue weighted by Gasteiger charge is -2.30. The van der Waals surface area contributed by atoms with Crippen LogP contribution in [0.4, 0.5) is 4.79 Å². The van der Waals surface area contributed by atoms with Crippen molar-refractivity contribution in [3.05, 3.63) is 35.4 Å². The molecule has 0 aliphatic carbocycles. The van der Waals surface area contributed by atoms with Gasteiger partial charge in [0.05, 0.1) is 6.61 Å². The summed E-state index contributed by atoms with van der Waals surface area (Å²) < 4.78 is 4.92. The molecule has 0 saturated carbocycles. The Labute approximate surface area is 155 Å². The van der Waals surface area contributed by atoms with E-state index in [0.717, 1.165) is 37.1 Å². The van der Waals surface area contributed by atoms with Crippen LogP contribution in [-0.4, -0.2) is 61.9 Å². The van der Waals surface area contributed by atoms with Gasteiger partial charge >= 0.3 is 12.1 Å². The highest BCUT2D eigenvalue weighted by atomic mass is 16.6. The summed E-state index contributed by atoms with van der Waals surface area (Å²) >= 11 is 0. The third kappa shape index (κ3) is 7.01. The minimum Gasteiger partial charge on any atom is -0.480 e. The standard InChI is InChI=1S/C10H13NO2.C9H18N2O2/c1-7-3-5-8(6-4-7)9(11-2)10(12)13;1-3-13-9(12)11-6-4-8(10-2)5-7-11/h3-6,9,11H,1-2H3,(H,12,13);8,10H,3-7H2,1-2H3. The van der Waals surface area contributed by atoms with Crippen LogP contribution in [0.3, 0.4) is 0 Å². The minimum absolute atomic E-state index is 0.169. The number of likely N-dealkylation sites (N-methyl/N-ethyl adjacent to an activating group) is 1. The van der Waals surface area contributed by atoms with Crippen molar-refractivity contribution in [1.29, 1.82) is 0 Å². The number of hydrogen-bond donors (Lipinski definition) is 3. The summed E-state index contributed by atoms with van der Waals surface area (Å²) in [5.74, 6) is -0.855. The number of carbonyl (C=O) groups is 2. The highest BCUT2D eigenvalue weighted by molar-refractivity contribution is 5.75. The number of carboxylic acids is 1. The minimum atomic E-state index is -0.855. The van der Waals surface area contributed by atoms with Gasteiger partial charge in [-0.2, -0.15) is 0 Å². The number of ether oxygens (including phenoxy) is 1. The van der Waals surface area contributed by atoms with Crippen molar-refractivity contribution < 1.29 is 19.4 Å². The molecule has 1 aromatic carbocycles. The molecule has 1 aliphatic rings. The van der Waals surface area contributed by atoms with Crippen molar-refractivity contribution in [2.24, 2.45) is 0 Å². The van der Waals surface area contributed by atoms with Gasteiger partial charge in [-0.05, 0) is 46.3 Å². The molecule has 0 aromatic heterocycles. The van der Waals surface area contributed by atoms with Crippen molar-refractivity contribution in [2.75, 3.05) is 33.8 Å². The van der Waals surface area contributed by atoms with Gasteiger partial charge < -0.3 is 25.4 Å². The van der Waals surface area contributed by atoms with Gasteiger partial charge in [-0.25, -0.2) is 4.79 Å². The summed E-state index contributed by atoms with van der Waals surface area (Å²) in [5, 5.41) is 14.8. The normalized spacial score (nSPS) is 15.6. The average Bonchev–Trinajstić information content (AvgIpc) is 2.64. The topological polar surface area (TPSA) is 90.9 Å². The lowest BCUT2D eigenvalue weighted by atomic mass is 10.1. The average molecular weight is 365 g/mol. The van der Waals surface area contributed by atoms with E-state index in [9.17, 15) is 9.59 Å². The van der Waals surface area contributed by atoms with Gasteiger partial charge in [0.2, 0.25) is 0 Å². The number of aryl methyl sites for hydroxylation is 1. The van der Waals surface area contributed by atoms with Crippen LogP contribution in [0.1, 0.15) is 36.9 Å². The largest absolute Gasteiger partial charge is 0.480 e. The van der Waals surface area contributed by atoms with E-state index < -0.39 is 12.0 Å². The fourth-order valence-corrected chi connectivity index (χ4v) is 2.76. The third-order valence-electron chi connectivity index (χ3n) is 4.38. The molecule has 1 aliphatic heterocycles. The number of piperidine rings is 1. The first-order chi connectivity index (χ1) is 12.4. The van der Waals surface area contributed by atoms with Gasteiger partial charge in [-0.15, -0.1) is 0 Å². The summed E-state index contributed by atoms with van der Waals surface area (Å²) in [7, 11) is 3.60. The van der Waals surface area contributed by atoms with Crippen LogP contribution < -0.4 is 10.6 Å². The van der Waals surface area contributed by atoms with E-state index >= 15 is 0 Å². The maximum Gasteiger partial charge on any atom is 0.409 e.